The van der Waals surface area contributed by atoms with Gasteiger partial charge < -0.3 is 0 Å². The van der Waals surface area contributed by atoms with Gasteiger partial charge in [0.05, 0.1) is 0 Å². The summed E-state index contributed by atoms with van der Waals surface area (Å²) >= 11 is -3.61. The van der Waals surface area contributed by atoms with Crippen LogP contribution < -0.4 is 14.5 Å². The van der Waals surface area contributed by atoms with Crippen molar-refractivity contribution in [3.63, 3.8) is 0 Å². The van der Waals surface area contributed by atoms with E-state index >= 15 is 0 Å². The second-order valence-corrected chi connectivity index (χ2v) is 19.5. The fourth-order valence-corrected chi connectivity index (χ4v) is 10.8. The van der Waals surface area contributed by atoms with Gasteiger partial charge in [-0.05, 0) is 0 Å². The van der Waals surface area contributed by atoms with Crippen molar-refractivity contribution >= 4 is 39.7 Å². The molecule has 1 heterocycles. The topological polar surface area (TPSA) is 15.7 Å². The first-order valence-corrected chi connectivity index (χ1v) is 19.3. The fraction of sp³-hybridized carbons (Fsp3) is 0.355. The summed E-state index contributed by atoms with van der Waals surface area (Å²) in [6.45, 7) is 14.7. The molecule has 0 N–H and O–H groups in total. The normalized spacial score (nSPS) is 14.7. The van der Waals surface area contributed by atoms with E-state index in [2.05, 4.69) is 90.6 Å². The van der Waals surface area contributed by atoms with E-state index in [0.29, 0.717) is 11.8 Å². The van der Waals surface area contributed by atoms with E-state index < -0.39 is 11.9 Å². The third-order valence-corrected chi connectivity index (χ3v) is 11.9. The molecule has 0 unspecified atom stereocenters. The molecule has 0 radical (unpaired) electrons. The van der Waals surface area contributed by atoms with Gasteiger partial charge in [0.15, 0.2) is 0 Å². The first-order chi connectivity index (χ1) is 17.6. The van der Waals surface area contributed by atoms with Crippen LogP contribution in [0.4, 0.5) is 11.4 Å². The molecule has 200 valence electrons. The summed E-state index contributed by atoms with van der Waals surface area (Å²) in [6, 6.07) is 25.3. The molecule has 3 aromatic carbocycles. The van der Waals surface area contributed by atoms with Crippen LogP contribution in [0.2, 0.25) is 0 Å². The average Bonchev–Trinajstić information content (AvgIpc) is 3.31. The van der Waals surface area contributed by atoms with E-state index in [1.54, 1.807) is 0 Å². The van der Waals surface area contributed by atoms with E-state index in [4.69, 9.17) is 24.1 Å². The third kappa shape index (κ3) is 6.19. The molecule has 0 saturated carbocycles. The molecule has 0 aromatic heterocycles. The molecule has 0 aliphatic carbocycles. The molecule has 0 atom stereocenters. The van der Waals surface area contributed by atoms with E-state index in [1.165, 1.54) is 22.5 Å². The summed E-state index contributed by atoms with van der Waals surface area (Å²) in [7, 11) is 15.1. The molecule has 1 aliphatic rings. The summed E-state index contributed by atoms with van der Waals surface area (Å²) in [5.41, 5.74) is 5.91. The maximum atomic E-state index is 7.54. The van der Waals surface area contributed by atoms with Gasteiger partial charge in [0.25, 0.3) is 0 Å². The van der Waals surface area contributed by atoms with Crippen molar-refractivity contribution in [1.29, 1.82) is 0 Å². The third-order valence-electron chi connectivity index (χ3n) is 6.41. The molecular weight excluding hydrogens is 588 g/mol. The summed E-state index contributed by atoms with van der Waals surface area (Å²) < 4.78 is 9.23. The van der Waals surface area contributed by atoms with Gasteiger partial charge in [-0.25, -0.2) is 0 Å². The van der Waals surface area contributed by atoms with Crippen LogP contribution in [0.15, 0.2) is 72.8 Å². The average molecular weight is 627 g/mol. The number of hydrogen-bond acceptors (Lipinski definition) is 3. The monoisotopic (exact) mass is 626 g/mol. The number of hydrogen-bond donors (Lipinski definition) is 0. The minimum atomic E-state index is -3.61. The number of nitrogens with zero attached hydrogens (tertiary/aromatic N) is 2. The van der Waals surface area contributed by atoms with Crippen LogP contribution in [0, 0.1) is 0 Å². The Hall–Kier alpha value is -2.00. The van der Waals surface area contributed by atoms with E-state index in [9.17, 15) is 0 Å². The molecule has 0 bridgehead atoms. The first-order valence-electron chi connectivity index (χ1n) is 12.9. The summed E-state index contributed by atoms with van der Waals surface area (Å²) in [5, 5.41) is 0. The molecule has 0 amide bonds. The number of para-hydroxylation sites is 3. The van der Waals surface area contributed by atoms with Crippen LogP contribution >= 0.6 is 19.4 Å². The van der Waals surface area contributed by atoms with Gasteiger partial charge in [0.1, 0.15) is 0 Å². The Morgan fingerprint density at radius 2 is 1.16 bits per heavy atom. The summed E-state index contributed by atoms with van der Waals surface area (Å²) in [4.78, 5) is 4.75. The predicted molar refractivity (Wildman–Crippen MR) is 160 cm³/mol. The Labute approximate surface area is 232 Å². The van der Waals surface area contributed by atoms with Crippen LogP contribution in [0.25, 0.3) is 0 Å². The SMILES string of the molecule is CC(C)Oc1ccccc1[CH]=[Ru]([Cl])([Cl])=[C]1N(c2ccccc2C(C)C)CCN1c1ccccc1C(C)C. The molecule has 0 spiro atoms. The van der Waals surface area contributed by atoms with E-state index in [-0.39, 0.29) is 6.10 Å². The van der Waals surface area contributed by atoms with Gasteiger partial charge in [-0.1, -0.05) is 0 Å². The van der Waals surface area contributed by atoms with Crippen LogP contribution in [0.1, 0.15) is 70.1 Å². The zero-order chi connectivity index (χ0) is 26.7. The van der Waals surface area contributed by atoms with Gasteiger partial charge in [-0.15, -0.1) is 0 Å². The number of halogens is 2. The molecule has 6 heteroatoms. The van der Waals surface area contributed by atoms with Gasteiger partial charge >= 0.3 is 234 Å². The first kappa shape index (κ1) is 28.0. The summed E-state index contributed by atoms with van der Waals surface area (Å²) in [5.74, 6) is 1.57. The Bertz CT molecular complexity index is 1300. The van der Waals surface area contributed by atoms with Gasteiger partial charge in [0, 0.05) is 0 Å². The van der Waals surface area contributed by atoms with Crippen molar-refractivity contribution in [3.8, 4) is 5.75 Å². The zero-order valence-electron chi connectivity index (χ0n) is 22.6. The van der Waals surface area contributed by atoms with Crippen molar-refractivity contribution in [3.05, 3.63) is 89.5 Å². The van der Waals surface area contributed by atoms with Crippen molar-refractivity contribution < 1.29 is 16.6 Å². The molecule has 37 heavy (non-hydrogen) atoms. The Morgan fingerprint density at radius 3 is 1.65 bits per heavy atom. The van der Waals surface area contributed by atoms with Crippen LogP contribution in [0.5, 0.6) is 5.75 Å². The molecule has 1 fully saturated rings. The zero-order valence-corrected chi connectivity index (χ0v) is 25.8. The standard InChI is InChI=1S/C21H26N2.C10H12O.2ClH.Ru/c1-16(2)18-9-5-7-11-20(18)22-13-14-23(15-22)21-12-8-6-10-19(21)17(3)4;1-8(2)11-10-7-5-4-6-9(10)3;;;/h5-12,16-17H,13-14H2,1-4H3;3-8H,1-2H3;2*1H;/q;;;;+2/p-2. The van der Waals surface area contributed by atoms with E-state index in [0.717, 1.165) is 28.8 Å². The number of rotatable bonds is 7. The van der Waals surface area contributed by atoms with E-state index in [1.807, 2.05) is 38.1 Å². The second kappa shape index (κ2) is 11.8. The summed E-state index contributed by atoms with van der Waals surface area (Å²) in [6.07, 6.45) is 0.0583. The van der Waals surface area contributed by atoms with Crippen LogP contribution in [-0.2, 0) is 11.9 Å². The maximum absolute atomic E-state index is 7.54. The second-order valence-electron chi connectivity index (χ2n) is 10.2. The molecular formula is C31H38Cl2N2ORu. The van der Waals surface area contributed by atoms with Crippen molar-refractivity contribution in [1.82, 2.24) is 0 Å². The molecule has 3 aromatic rings. The van der Waals surface area contributed by atoms with Gasteiger partial charge in [0.2, 0.25) is 0 Å². The van der Waals surface area contributed by atoms with Gasteiger partial charge in [-0.2, -0.15) is 0 Å². The quantitative estimate of drug-likeness (QED) is 0.245. The fourth-order valence-electron chi connectivity index (χ4n) is 4.77. The predicted octanol–water partition coefficient (Wildman–Crippen LogP) is 8.45. The molecule has 1 saturated heterocycles. The number of anilines is 2. The molecule has 1 aliphatic heterocycles. The number of ether oxygens (including phenoxy) is 1. The van der Waals surface area contributed by atoms with Crippen LogP contribution in [0.3, 0.4) is 0 Å². The minimum absolute atomic E-state index is 0.0583. The Morgan fingerprint density at radius 1 is 0.703 bits per heavy atom. The van der Waals surface area contributed by atoms with Crippen molar-refractivity contribution in [2.24, 2.45) is 0 Å². The number of benzene rings is 3. The Balaban J connectivity index is 2.01. The Kier molecular flexibility index (Phi) is 8.94. The van der Waals surface area contributed by atoms with Crippen molar-refractivity contribution in [2.75, 3.05) is 22.9 Å². The van der Waals surface area contributed by atoms with Gasteiger partial charge in [-0.3, -0.25) is 0 Å². The molecule has 4 rings (SSSR count). The molecule has 3 nitrogen and oxygen atoms in total. The van der Waals surface area contributed by atoms with Crippen molar-refractivity contribution in [2.45, 2.75) is 59.5 Å². The van der Waals surface area contributed by atoms with Crippen LogP contribution in [-0.4, -0.2) is 28.2 Å².